The highest BCUT2D eigenvalue weighted by atomic mass is 32.1. The number of amides is 2. The third-order valence-electron chi connectivity index (χ3n) is 3.01. The molecule has 0 heterocycles. The van der Waals surface area contributed by atoms with Gasteiger partial charge in [-0.3, -0.25) is 14.4 Å². The molecule has 0 spiro atoms. The number of carbonyl (C=O) groups is 3. The lowest BCUT2D eigenvalue weighted by molar-refractivity contribution is -0.144. The van der Waals surface area contributed by atoms with Crippen molar-refractivity contribution >= 4 is 40.8 Å². The van der Waals surface area contributed by atoms with Crippen molar-refractivity contribution in [3.05, 3.63) is 29.8 Å². The Bertz CT molecular complexity index is 666. The second-order valence-corrected chi connectivity index (χ2v) is 7.00. The van der Waals surface area contributed by atoms with E-state index in [1.807, 2.05) is 20.8 Å². The van der Waals surface area contributed by atoms with Gasteiger partial charge in [0.05, 0.1) is 13.0 Å². The summed E-state index contributed by atoms with van der Waals surface area (Å²) in [5.74, 6) is -0.971. The summed E-state index contributed by atoms with van der Waals surface area (Å²) >= 11 is 5.06. The topological polar surface area (TPSA) is 96.5 Å². The Labute approximate surface area is 158 Å². The Hall–Kier alpha value is -2.48. The van der Waals surface area contributed by atoms with Crippen molar-refractivity contribution in [2.75, 3.05) is 11.9 Å². The summed E-state index contributed by atoms with van der Waals surface area (Å²) in [5.41, 5.74) is 0.839. The minimum Gasteiger partial charge on any atom is -0.466 e. The van der Waals surface area contributed by atoms with E-state index in [4.69, 9.17) is 17.0 Å². The minimum absolute atomic E-state index is 0.000127. The number of ether oxygens (including phenoxy) is 1. The molecular weight excluding hydrogens is 354 g/mol. The van der Waals surface area contributed by atoms with Gasteiger partial charge in [-0.15, -0.1) is 0 Å². The quantitative estimate of drug-likeness (QED) is 0.519. The largest absolute Gasteiger partial charge is 0.466 e. The summed E-state index contributed by atoms with van der Waals surface area (Å²) < 4.78 is 4.75. The van der Waals surface area contributed by atoms with Crippen LogP contribution in [0.3, 0.4) is 0 Å². The smallest absolute Gasteiger partial charge is 0.306 e. The zero-order chi connectivity index (χ0) is 19.7. The third kappa shape index (κ3) is 8.57. The van der Waals surface area contributed by atoms with Gasteiger partial charge in [-0.25, -0.2) is 0 Å². The summed E-state index contributed by atoms with van der Waals surface area (Å²) in [7, 11) is 0. The van der Waals surface area contributed by atoms with Gasteiger partial charge < -0.3 is 20.7 Å². The summed E-state index contributed by atoms with van der Waals surface area (Å²) in [6, 6.07) is 6.70. The van der Waals surface area contributed by atoms with E-state index in [0.717, 1.165) is 0 Å². The van der Waals surface area contributed by atoms with Crippen LogP contribution in [0.1, 0.15) is 50.9 Å². The first-order valence-electron chi connectivity index (χ1n) is 8.29. The number of rotatable bonds is 6. The van der Waals surface area contributed by atoms with Crippen LogP contribution in [0.25, 0.3) is 0 Å². The monoisotopic (exact) mass is 379 g/mol. The number of nitrogens with one attached hydrogen (secondary N) is 3. The van der Waals surface area contributed by atoms with E-state index in [0.29, 0.717) is 11.3 Å². The zero-order valence-electron chi connectivity index (χ0n) is 15.5. The molecule has 1 aromatic carbocycles. The van der Waals surface area contributed by atoms with Crippen LogP contribution < -0.4 is 16.0 Å². The van der Waals surface area contributed by atoms with Gasteiger partial charge >= 0.3 is 5.97 Å². The van der Waals surface area contributed by atoms with Crippen LogP contribution in [0.2, 0.25) is 0 Å². The lowest BCUT2D eigenvalue weighted by Crippen LogP contribution is -2.40. The highest BCUT2D eigenvalue weighted by Gasteiger charge is 2.15. The first-order chi connectivity index (χ1) is 12.1. The number of hydrogen-bond donors (Lipinski definition) is 3. The van der Waals surface area contributed by atoms with Crippen LogP contribution in [0.5, 0.6) is 0 Å². The van der Waals surface area contributed by atoms with Crippen LogP contribution in [-0.4, -0.2) is 35.0 Å². The Kier molecular flexibility index (Phi) is 8.18. The summed E-state index contributed by atoms with van der Waals surface area (Å²) in [6.07, 6.45) is -0.00750. The van der Waals surface area contributed by atoms with Gasteiger partial charge in [0.25, 0.3) is 5.91 Å². The van der Waals surface area contributed by atoms with Crippen molar-refractivity contribution in [2.24, 2.45) is 0 Å². The Morgan fingerprint density at radius 3 is 2.23 bits per heavy atom. The van der Waals surface area contributed by atoms with Gasteiger partial charge in [0.2, 0.25) is 5.91 Å². The van der Waals surface area contributed by atoms with Crippen LogP contribution >= 0.6 is 12.2 Å². The zero-order valence-corrected chi connectivity index (χ0v) is 16.3. The maximum Gasteiger partial charge on any atom is 0.306 e. The molecule has 0 aliphatic carbocycles. The number of anilines is 1. The number of hydrogen-bond acceptors (Lipinski definition) is 5. The molecule has 1 aromatic rings. The van der Waals surface area contributed by atoms with Crippen molar-refractivity contribution in [3.8, 4) is 0 Å². The molecule has 26 heavy (non-hydrogen) atoms. The summed E-state index contributed by atoms with van der Waals surface area (Å²) in [6.45, 7) is 7.71. The van der Waals surface area contributed by atoms with E-state index in [-0.39, 0.29) is 41.9 Å². The van der Waals surface area contributed by atoms with Gasteiger partial charge in [0.1, 0.15) is 0 Å². The highest BCUT2D eigenvalue weighted by molar-refractivity contribution is 7.80. The van der Waals surface area contributed by atoms with Crippen LogP contribution in [0, 0.1) is 0 Å². The standard InChI is InChI=1S/C18H25N3O4S/c1-5-25-15(23)11-10-14(22)20-17(26)19-13-8-6-12(7-9-13)16(24)21-18(2,3)4/h6-9H,5,10-11H2,1-4H3,(H,21,24)(H2,19,20,22,26). The van der Waals surface area contributed by atoms with Crippen molar-refractivity contribution in [1.82, 2.24) is 10.6 Å². The van der Waals surface area contributed by atoms with Crippen LogP contribution in [0.4, 0.5) is 5.69 Å². The van der Waals surface area contributed by atoms with E-state index in [1.165, 1.54) is 0 Å². The van der Waals surface area contributed by atoms with Crippen molar-refractivity contribution in [2.45, 2.75) is 46.1 Å². The predicted octanol–water partition coefficient (Wildman–Crippen LogP) is 2.37. The molecule has 0 aliphatic rings. The number of esters is 1. The molecule has 0 aromatic heterocycles. The van der Waals surface area contributed by atoms with Gasteiger partial charge in [0.15, 0.2) is 5.11 Å². The summed E-state index contributed by atoms with van der Waals surface area (Å²) in [5, 5.41) is 8.33. The molecule has 0 saturated heterocycles. The summed E-state index contributed by atoms with van der Waals surface area (Å²) in [4.78, 5) is 35.0. The molecule has 7 nitrogen and oxygen atoms in total. The molecule has 0 radical (unpaired) electrons. The van der Waals surface area contributed by atoms with Crippen molar-refractivity contribution in [1.29, 1.82) is 0 Å². The second kappa shape index (κ2) is 9.86. The number of carbonyl (C=O) groups excluding carboxylic acids is 3. The van der Waals surface area contributed by atoms with Gasteiger partial charge in [-0.05, 0) is 64.2 Å². The molecular formula is C18H25N3O4S. The van der Waals surface area contributed by atoms with Crippen LogP contribution in [-0.2, 0) is 14.3 Å². The molecule has 142 valence electrons. The van der Waals surface area contributed by atoms with Gasteiger partial charge in [0, 0.05) is 23.2 Å². The van der Waals surface area contributed by atoms with Crippen molar-refractivity contribution < 1.29 is 19.1 Å². The molecule has 1 rings (SSSR count). The molecule has 3 N–H and O–H groups in total. The third-order valence-corrected chi connectivity index (χ3v) is 3.21. The van der Waals surface area contributed by atoms with E-state index >= 15 is 0 Å². The lowest BCUT2D eigenvalue weighted by atomic mass is 10.1. The normalized spacial score (nSPS) is 10.6. The highest BCUT2D eigenvalue weighted by Crippen LogP contribution is 2.11. The van der Waals surface area contributed by atoms with Crippen molar-refractivity contribution in [3.63, 3.8) is 0 Å². The molecule has 0 atom stereocenters. The van der Waals surface area contributed by atoms with E-state index in [9.17, 15) is 14.4 Å². The number of thiocarbonyl (C=S) groups is 1. The fourth-order valence-electron chi connectivity index (χ4n) is 1.92. The average molecular weight is 379 g/mol. The van der Waals surface area contributed by atoms with Gasteiger partial charge in [-0.1, -0.05) is 0 Å². The fourth-order valence-corrected chi connectivity index (χ4v) is 2.15. The van der Waals surface area contributed by atoms with E-state index in [2.05, 4.69) is 16.0 Å². The fraction of sp³-hybridized carbons (Fsp3) is 0.444. The Balaban J connectivity index is 2.48. The Morgan fingerprint density at radius 1 is 1.08 bits per heavy atom. The van der Waals surface area contributed by atoms with E-state index < -0.39 is 5.97 Å². The molecule has 0 fully saturated rings. The van der Waals surface area contributed by atoms with Crippen LogP contribution in [0.15, 0.2) is 24.3 Å². The molecule has 0 bridgehead atoms. The minimum atomic E-state index is -0.425. The first kappa shape index (κ1) is 21.6. The lowest BCUT2D eigenvalue weighted by Gasteiger charge is -2.20. The first-order valence-corrected chi connectivity index (χ1v) is 8.70. The number of benzene rings is 1. The molecule has 0 aliphatic heterocycles. The van der Waals surface area contributed by atoms with Gasteiger partial charge in [-0.2, -0.15) is 0 Å². The SMILES string of the molecule is CCOC(=O)CCC(=O)NC(=S)Nc1ccc(C(=O)NC(C)(C)C)cc1. The maximum atomic E-state index is 12.1. The predicted molar refractivity (Wildman–Crippen MR) is 104 cm³/mol. The molecule has 0 saturated carbocycles. The maximum absolute atomic E-state index is 12.1. The average Bonchev–Trinajstić information content (AvgIpc) is 2.52. The molecule has 2 amide bonds. The second-order valence-electron chi connectivity index (χ2n) is 6.59. The molecule has 0 unspecified atom stereocenters. The Morgan fingerprint density at radius 2 is 1.69 bits per heavy atom. The van der Waals surface area contributed by atoms with E-state index in [1.54, 1.807) is 31.2 Å². The molecule has 8 heteroatoms.